The summed E-state index contributed by atoms with van der Waals surface area (Å²) in [5, 5.41) is 12.5. The van der Waals surface area contributed by atoms with Gasteiger partial charge in [-0.2, -0.15) is 4.98 Å². The van der Waals surface area contributed by atoms with Gasteiger partial charge >= 0.3 is 0 Å². The van der Waals surface area contributed by atoms with E-state index in [4.69, 9.17) is 0 Å². The van der Waals surface area contributed by atoms with Gasteiger partial charge < -0.3 is 15.3 Å². The Morgan fingerprint density at radius 1 is 1.16 bits per heavy atom. The van der Waals surface area contributed by atoms with Crippen molar-refractivity contribution in [3.8, 4) is 5.75 Å². The summed E-state index contributed by atoms with van der Waals surface area (Å²) in [6.07, 6.45) is 2.62. The summed E-state index contributed by atoms with van der Waals surface area (Å²) in [5.74, 6) is 1.80. The highest BCUT2D eigenvalue weighted by Gasteiger charge is 2.00. The molecule has 0 aliphatic carbocycles. The summed E-state index contributed by atoms with van der Waals surface area (Å²) >= 11 is 0. The molecule has 0 unspecified atom stereocenters. The Kier molecular flexibility index (Phi) is 4.18. The number of anilines is 2. The normalized spacial score (nSPS) is 10.2. The van der Waals surface area contributed by atoms with E-state index >= 15 is 0 Å². The van der Waals surface area contributed by atoms with Crippen molar-refractivity contribution >= 4 is 11.8 Å². The molecule has 0 aliphatic rings. The van der Waals surface area contributed by atoms with Crippen LogP contribution in [-0.2, 0) is 6.42 Å². The second kappa shape index (κ2) is 6.04. The van der Waals surface area contributed by atoms with Crippen LogP contribution in [-0.4, -0.2) is 35.7 Å². The summed E-state index contributed by atoms with van der Waals surface area (Å²) in [6.45, 7) is 0.786. The first-order valence-electron chi connectivity index (χ1n) is 6.17. The predicted molar refractivity (Wildman–Crippen MR) is 76.7 cm³/mol. The fourth-order valence-electron chi connectivity index (χ4n) is 1.66. The lowest BCUT2D eigenvalue weighted by Crippen LogP contribution is -2.14. The predicted octanol–water partition coefficient (Wildman–Crippen LogP) is 1.90. The van der Waals surface area contributed by atoms with E-state index in [1.165, 1.54) is 5.56 Å². The van der Waals surface area contributed by atoms with Crippen molar-refractivity contribution in [2.75, 3.05) is 30.9 Å². The van der Waals surface area contributed by atoms with Crippen LogP contribution in [0.15, 0.2) is 36.5 Å². The Hall–Kier alpha value is -2.30. The van der Waals surface area contributed by atoms with Gasteiger partial charge in [-0.1, -0.05) is 12.1 Å². The Bertz CT molecular complexity index is 525. The first-order chi connectivity index (χ1) is 9.15. The molecule has 0 saturated heterocycles. The van der Waals surface area contributed by atoms with Gasteiger partial charge in [0, 0.05) is 26.8 Å². The molecule has 100 valence electrons. The van der Waals surface area contributed by atoms with E-state index in [1.54, 1.807) is 18.3 Å². The molecule has 1 heterocycles. The maximum Gasteiger partial charge on any atom is 0.226 e. The Morgan fingerprint density at radius 3 is 2.58 bits per heavy atom. The molecule has 5 nitrogen and oxygen atoms in total. The zero-order valence-electron chi connectivity index (χ0n) is 11.2. The molecule has 1 aromatic carbocycles. The zero-order valence-corrected chi connectivity index (χ0v) is 11.2. The average molecular weight is 258 g/mol. The third-order valence-corrected chi connectivity index (χ3v) is 2.70. The number of benzene rings is 1. The van der Waals surface area contributed by atoms with Gasteiger partial charge in [-0.15, -0.1) is 0 Å². The van der Waals surface area contributed by atoms with E-state index < -0.39 is 0 Å². The molecule has 0 radical (unpaired) electrons. The fourth-order valence-corrected chi connectivity index (χ4v) is 1.66. The molecule has 0 spiro atoms. The fraction of sp³-hybridized carbons (Fsp3) is 0.286. The van der Waals surface area contributed by atoms with Crippen LogP contribution in [0.4, 0.5) is 11.8 Å². The van der Waals surface area contributed by atoms with Gasteiger partial charge in [-0.3, -0.25) is 0 Å². The maximum absolute atomic E-state index is 9.21. The smallest absolute Gasteiger partial charge is 0.226 e. The number of hydrogen-bond acceptors (Lipinski definition) is 5. The van der Waals surface area contributed by atoms with Gasteiger partial charge in [0.2, 0.25) is 5.95 Å². The Morgan fingerprint density at radius 2 is 1.89 bits per heavy atom. The second-order valence-corrected chi connectivity index (χ2v) is 4.48. The Labute approximate surface area is 112 Å². The van der Waals surface area contributed by atoms with Gasteiger partial charge in [0.1, 0.15) is 11.6 Å². The maximum atomic E-state index is 9.21. The van der Waals surface area contributed by atoms with Gasteiger partial charge in [-0.25, -0.2) is 4.98 Å². The van der Waals surface area contributed by atoms with Crippen LogP contribution in [0.5, 0.6) is 5.75 Å². The third kappa shape index (κ3) is 3.84. The molecule has 19 heavy (non-hydrogen) atoms. The third-order valence-electron chi connectivity index (χ3n) is 2.70. The highest BCUT2D eigenvalue weighted by atomic mass is 16.3. The molecular formula is C14H18N4O. The highest BCUT2D eigenvalue weighted by Crippen LogP contribution is 2.11. The summed E-state index contributed by atoms with van der Waals surface area (Å²) in [5.41, 5.74) is 1.17. The van der Waals surface area contributed by atoms with E-state index in [0.717, 1.165) is 18.8 Å². The van der Waals surface area contributed by atoms with Crippen LogP contribution in [0.2, 0.25) is 0 Å². The Balaban J connectivity index is 1.88. The van der Waals surface area contributed by atoms with Crippen LogP contribution in [0.1, 0.15) is 5.56 Å². The van der Waals surface area contributed by atoms with Gasteiger partial charge in [0.15, 0.2) is 0 Å². The molecule has 5 heteroatoms. The number of hydrogen-bond donors (Lipinski definition) is 2. The van der Waals surface area contributed by atoms with E-state index in [1.807, 2.05) is 37.2 Å². The lowest BCUT2D eigenvalue weighted by Gasteiger charge is -2.11. The number of nitrogens with zero attached hydrogens (tertiary/aromatic N) is 3. The summed E-state index contributed by atoms with van der Waals surface area (Å²) in [4.78, 5) is 10.4. The van der Waals surface area contributed by atoms with Crippen molar-refractivity contribution in [2.24, 2.45) is 0 Å². The monoisotopic (exact) mass is 258 g/mol. The first-order valence-corrected chi connectivity index (χ1v) is 6.17. The molecule has 0 aliphatic heterocycles. The van der Waals surface area contributed by atoms with Crippen LogP contribution in [0, 0.1) is 0 Å². The number of phenols is 1. The quantitative estimate of drug-likeness (QED) is 0.857. The molecule has 0 atom stereocenters. The zero-order chi connectivity index (χ0) is 13.7. The van der Waals surface area contributed by atoms with Gasteiger partial charge in [-0.05, 0) is 30.2 Å². The summed E-state index contributed by atoms with van der Waals surface area (Å²) in [6, 6.07) is 9.09. The van der Waals surface area contributed by atoms with Crippen molar-refractivity contribution in [2.45, 2.75) is 6.42 Å². The topological polar surface area (TPSA) is 61.3 Å². The van der Waals surface area contributed by atoms with Crippen molar-refractivity contribution in [3.63, 3.8) is 0 Å². The van der Waals surface area contributed by atoms with E-state index in [9.17, 15) is 5.11 Å². The number of nitrogens with one attached hydrogen (secondary N) is 1. The lowest BCUT2D eigenvalue weighted by molar-refractivity contribution is 0.475. The minimum Gasteiger partial charge on any atom is -0.508 e. The molecule has 0 saturated carbocycles. The first kappa shape index (κ1) is 13.1. The second-order valence-electron chi connectivity index (χ2n) is 4.48. The molecule has 2 rings (SSSR count). The van der Waals surface area contributed by atoms with E-state index in [-0.39, 0.29) is 0 Å². The largest absolute Gasteiger partial charge is 0.508 e. The molecule has 0 amide bonds. The van der Waals surface area contributed by atoms with Crippen molar-refractivity contribution in [1.82, 2.24) is 9.97 Å². The van der Waals surface area contributed by atoms with Crippen LogP contribution in [0.25, 0.3) is 0 Å². The van der Waals surface area contributed by atoms with Gasteiger partial charge in [0.25, 0.3) is 0 Å². The van der Waals surface area contributed by atoms with Crippen molar-refractivity contribution in [1.29, 1.82) is 0 Å². The minimum absolute atomic E-state index is 0.295. The highest BCUT2D eigenvalue weighted by molar-refractivity contribution is 5.40. The SMILES string of the molecule is CN(C)c1nccc(NCCc2ccc(O)cc2)n1. The standard InChI is InChI=1S/C14H18N4O/c1-18(2)14-16-10-8-13(17-14)15-9-7-11-3-5-12(19)6-4-11/h3-6,8,10,19H,7,9H2,1-2H3,(H,15,16,17). The molecule has 1 aromatic heterocycles. The van der Waals surface area contributed by atoms with E-state index in [0.29, 0.717) is 11.7 Å². The summed E-state index contributed by atoms with van der Waals surface area (Å²) in [7, 11) is 3.82. The summed E-state index contributed by atoms with van der Waals surface area (Å²) < 4.78 is 0. The number of aromatic nitrogens is 2. The minimum atomic E-state index is 0.295. The molecule has 2 aromatic rings. The van der Waals surface area contributed by atoms with Crippen LogP contribution in [0.3, 0.4) is 0 Å². The number of phenolic OH excluding ortho intramolecular Hbond substituents is 1. The average Bonchev–Trinajstić information content (AvgIpc) is 2.41. The number of rotatable bonds is 5. The molecule has 0 fully saturated rings. The van der Waals surface area contributed by atoms with Gasteiger partial charge in [0.05, 0.1) is 0 Å². The van der Waals surface area contributed by atoms with Crippen molar-refractivity contribution < 1.29 is 5.11 Å². The van der Waals surface area contributed by atoms with E-state index in [2.05, 4.69) is 15.3 Å². The lowest BCUT2D eigenvalue weighted by atomic mass is 10.1. The molecular weight excluding hydrogens is 240 g/mol. The molecule has 0 bridgehead atoms. The van der Waals surface area contributed by atoms with Crippen molar-refractivity contribution in [3.05, 3.63) is 42.1 Å². The van der Waals surface area contributed by atoms with Crippen LogP contribution < -0.4 is 10.2 Å². The molecule has 2 N–H and O–H groups in total. The number of aromatic hydroxyl groups is 1. The van der Waals surface area contributed by atoms with Crippen LogP contribution >= 0.6 is 0 Å².